The van der Waals surface area contributed by atoms with E-state index < -0.39 is 0 Å². The third kappa shape index (κ3) is 2.18. The third-order valence-corrected chi connectivity index (χ3v) is 3.13. The minimum absolute atomic E-state index is 0.0588. The van der Waals surface area contributed by atoms with Crippen LogP contribution in [0.1, 0.15) is 17.2 Å². The maximum atomic E-state index is 9.40. The highest BCUT2D eigenvalue weighted by molar-refractivity contribution is 5.52. The Kier molecular flexibility index (Phi) is 2.73. The van der Waals surface area contributed by atoms with Gasteiger partial charge in [-0.1, -0.05) is 0 Å². The maximum Gasteiger partial charge on any atom is 0.128 e. The number of nitrogens with one attached hydrogen (secondary N) is 1. The van der Waals surface area contributed by atoms with Gasteiger partial charge >= 0.3 is 0 Å². The van der Waals surface area contributed by atoms with Crippen LogP contribution in [0.15, 0.2) is 42.5 Å². The average Bonchev–Trinajstić information content (AvgIpc) is 2.82. The number of nitrogens with zero attached hydrogens (tertiary/aromatic N) is 1. The number of fused-ring (bicyclic) bond motifs is 1. The van der Waals surface area contributed by atoms with Crippen LogP contribution >= 0.6 is 0 Å². The predicted molar refractivity (Wildman–Crippen MR) is 71.1 cm³/mol. The first kappa shape index (κ1) is 11.4. The van der Waals surface area contributed by atoms with E-state index in [1.807, 2.05) is 18.2 Å². The van der Waals surface area contributed by atoms with Gasteiger partial charge in [0.05, 0.1) is 17.7 Å². The van der Waals surface area contributed by atoms with Gasteiger partial charge < -0.3 is 15.2 Å². The first-order valence-corrected chi connectivity index (χ1v) is 5.99. The fraction of sp³-hybridized carbons (Fsp3) is 0.133. The van der Waals surface area contributed by atoms with Crippen LogP contribution in [0.4, 0.5) is 5.69 Å². The zero-order chi connectivity index (χ0) is 13.2. The highest BCUT2D eigenvalue weighted by Gasteiger charge is 2.24. The van der Waals surface area contributed by atoms with Crippen LogP contribution in [0.25, 0.3) is 0 Å². The first-order chi connectivity index (χ1) is 9.26. The van der Waals surface area contributed by atoms with Crippen molar-refractivity contribution in [2.24, 2.45) is 0 Å². The second-order valence-electron chi connectivity index (χ2n) is 4.42. The van der Waals surface area contributed by atoms with Crippen molar-refractivity contribution in [2.75, 3.05) is 11.9 Å². The van der Waals surface area contributed by atoms with E-state index in [9.17, 15) is 5.11 Å². The summed E-state index contributed by atoms with van der Waals surface area (Å²) in [6.45, 7) is 0.527. The summed E-state index contributed by atoms with van der Waals surface area (Å²) in [5, 5.41) is 21.5. The van der Waals surface area contributed by atoms with Gasteiger partial charge in [0.1, 0.15) is 18.1 Å². The molecule has 1 unspecified atom stereocenters. The fourth-order valence-electron chi connectivity index (χ4n) is 2.16. The summed E-state index contributed by atoms with van der Waals surface area (Å²) < 4.78 is 5.53. The number of hydrogen-bond donors (Lipinski definition) is 2. The Morgan fingerprint density at radius 3 is 2.74 bits per heavy atom. The van der Waals surface area contributed by atoms with Crippen LogP contribution in [0.3, 0.4) is 0 Å². The van der Waals surface area contributed by atoms with Crippen LogP contribution in [0.5, 0.6) is 11.5 Å². The van der Waals surface area contributed by atoms with Crippen molar-refractivity contribution in [3.05, 3.63) is 53.6 Å². The van der Waals surface area contributed by atoms with Gasteiger partial charge in [-0.2, -0.15) is 5.26 Å². The molecule has 0 spiro atoms. The van der Waals surface area contributed by atoms with Crippen LogP contribution in [0.2, 0.25) is 0 Å². The molecule has 0 radical (unpaired) electrons. The molecule has 3 rings (SSSR count). The molecular formula is C15H12N2O2. The number of phenolic OH excluding ortho intramolecular Hbond substituents is 1. The molecule has 0 bridgehead atoms. The summed E-state index contributed by atoms with van der Waals surface area (Å²) in [6.07, 6.45) is 0. The van der Waals surface area contributed by atoms with E-state index in [4.69, 9.17) is 10.00 Å². The predicted octanol–water partition coefficient (Wildman–Crippen LogP) is 2.81. The molecule has 0 aromatic heterocycles. The molecule has 2 aromatic carbocycles. The van der Waals surface area contributed by atoms with Gasteiger partial charge in [-0.05, 0) is 36.4 Å². The number of ether oxygens (including phenoxy) is 1. The second kappa shape index (κ2) is 4.54. The van der Waals surface area contributed by atoms with Crippen LogP contribution in [-0.4, -0.2) is 11.7 Å². The molecule has 2 aromatic rings. The molecule has 19 heavy (non-hydrogen) atoms. The molecule has 4 nitrogen and oxygen atoms in total. The Morgan fingerprint density at radius 2 is 2.00 bits per heavy atom. The van der Waals surface area contributed by atoms with E-state index in [1.54, 1.807) is 24.3 Å². The van der Waals surface area contributed by atoms with Gasteiger partial charge in [-0.3, -0.25) is 0 Å². The lowest BCUT2D eigenvalue weighted by molar-refractivity contribution is 0.338. The van der Waals surface area contributed by atoms with Gasteiger partial charge in [-0.15, -0.1) is 0 Å². The summed E-state index contributed by atoms with van der Waals surface area (Å²) >= 11 is 0. The highest BCUT2D eigenvalue weighted by atomic mass is 16.5. The Hall–Kier alpha value is -2.67. The lowest BCUT2D eigenvalue weighted by Gasteiger charge is -2.13. The largest absolute Gasteiger partial charge is 0.508 e. The van der Waals surface area contributed by atoms with Gasteiger partial charge in [0.15, 0.2) is 0 Å². The fourth-order valence-corrected chi connectivity index (χ4v) is 2.16. The summed E-state index contributed by atoms with van der Waals surface area (Å²) in [6, 6.07) is 14.6. The van der Waals surface area contributed by atoms with Crippen molar-refractivity contribution in [1.82, 2.24) is 0 Å². The van der Waals surface area contributed by atoms with Crippen molar-refractivity contribution in [3.63, 3.8) is 0 Å². The van der Waals surface area contributed by atoms with Crippen LogP contribution in [0, 0.1) is 11.3 Å². The normalized spacial score (nSPS) is 16.3. The third-order valence-electron chi connectivity index (χ3n) is 3.13. The summed E-state index contributed by atoms with van der Waals surface area (Å²) in [4.78, 5) is 0. The number of benzene rings is 2. The molecular weight excluding hydrogens is 240 g/mol. The highest BCUT2D eigenvalue weighted by Crippen LogP contribution is 2.36. The average molecular weight is 252 g/mol. The van der Waals surface area contributed by atoms with Gasteiger partial charge in [0.25, 0.3) is 0 Å². The summed E-state index contributed by atoms with van der Waals surface area (Å²) in [5.41, 5.74) is 2.61. The van der Waals surface area contributed by atoms with E-state index >= 15 is 0 Å². The SMILES string of the molecule is N#Cc1ccc(NC2COc3cc(O)ccc32)cc1. The van der Waals surface area contributed by atoms with E-state index in [2.05, 4.69) is 11.4 Å². The lowest BCUT2D eigenvalue weighted by atomic mass is 10.1. The van der Waals surface area contributed by atoms with Crippen LogP contribution in [-0.2, 0) is 0 Å². The van der Waals surface area contributed by atoms with Crippen molar-refractivity contribution < 1.29 is 9.84 Å². The minimum atomic E-state index is 0.0588. The van der Waals surface area contributed by atoms with E-state index in [-0.39, 0.29) is 11.8 Å². The van der Waals surface area contributed by atoms with Gasteiger partial charge in [0, 0.05) is 17.3 Å². The Morgan fingerprint density at radius 1 is 1.21 bits per heavy atom. The maximum absolute atomic E-state index is 9.40. The number of anilines is 1. The molecule has 94 valence electrons. The standard InChI is InChI=1S/C15H12N2O2/c16-8-10-1-3-11(4-2-10)17-14-9-19-15-7-12(18)5-6-13(14)15/h1-7,14,17-18H,9H2. The van der Waals surface area contributed by atoms with Crippen molar-refractivity contribution in [1.29, 1.82) is 5.26 Å². The molecule has 1 aliphatic rings. The number of hydrogen-bond acceptors (Lipinski definition) is 4. The Balaban J connectivity index is 1.80. The number of phenols is 1. The Labute approximate surface area is 110 Å². The molecule has 0 amide bonds. The minimum Gasteiger partial charge on any atom is -0.508 e. The van der Waals surface area contributed by atoms with E-state index in [0.29, 0.717) is 17.9 Å². The molecule has 2 N–H and O–H groups in total. The molecule has 0 saturated carbocycles. The molecule has 0 saturated heterocycles. The zero-order valence-electron chi connectivity index (χ0n) is 10.1. The van der Waals surface area contributed by atoms with Crippen molar-refractivity contribution >= 4 is 5.69 Å². The smallest absolute Gasteiger partial charge is 0.128 e. The quantitative estimate of drug-likeness (QED) is 0.862. The first-order valence-electron chi connectivity index (χ1n) is 5.99. The number of nitriles is 1. The molecule has 1 aliphatic heterocycles. The molecule has 4 heteroatoms. The van der Waals surface area contributed by atoms with Gasteiger partial charge in [0.2, 0.25) is 0 Å². The van der Waals surface area contributed by atoms with Gasteiger partial charge in [-0.25, -0.2) is 0 Å². The summed E-state index contributed by atoms with van der Waals surface area (Å²) in [7, 11) is 0. The second-order valence-corrected chi connectivity index (χ2v) is 4.42. The van der Waals surface area contributed by atoms with E-state index in [1.165, 1.54) is 0 Å². The Bertz CT molecular complexity index is 644. The molecule has 1 heterocycles. The summed E-state index contributed by atoms with van der Waals surface area (Å²) in [5.74, 6) is 0.920. The lowest BCUT2D eigenvalue weighted by Crippen LogP contribution is -2.11. The zero-order valence-corrected chi connectivity index (χ0v) is 10.1. The van der Waals surface area contributed by atoms with E-state index in [0.717, 1.165) is 11.3 Å². The topological polar surface area (TPSA) is 65.3 Å². The molecule has 0 fully saturated rings. The molecule has 0 aliphatic carbocycles. The monoisotopic (exact) mass is 252 g/mol. The van der Waals surface area contributed by atoms with Crippen molar-refractivity contribution in [3.8, 4) is 17.6 Å². The van der Waals surface area contributed by atoms with Crippen molar-refractivity contribution in [2.45, 2.75) is 6.04 Å². The van der Waals surface area contributed by atoms with Crippen LogP contribution < -0.4 is 10.1 Å². The number of aromatic hydroxyl groups is 1. The molecule has 1 atom stereocenters. The number of rotatable bonds is 2.